The molecule has 1 rings (SSSR count). The van der Waals surface area contributed by atoms with Crippen molar-refractivity contribution in [3.05, 3.63) is 23.9 Å². The van der Waals surface area contributed by atoms with Crippen molar-refractivity contribution in [2.75, 3.05) is 19.0 Å². The summed E-state index contributed by atoms with van der Waals surface area (Å²) in [6.07, 6.45) is 2.91. The Morgan fingerprint density at radius 1 is 1.29 bits per heavy atom. The average Bonchev–Trinajstić information content (AvgIpc) is 2.01. The van der Waals surface area contributed by atoms with E-state index in [0.29, 0.717) is 5.41 Å². The van der Waals surface area contributed by atoms with Gasteiger partial charge in [-0.1, -0.05) is 26.8 Å². The van der Waals surface area contributed by atoms with E-state index in [2.05, 4.69) is 36.7 Å². The molecule has 14 heavy (non-hydrogen) atoms. The molecule has 0 unspecified atom stereocenters. The lowest BCUT2D eigenvalue weighted by molar-refractivity contribution is 0.411. The fourth-order valence-electron chi connectivity index (χ4n) is 1.54. The summed E-state index contributed by atoms with van der Waals surface area (Å²) in [6.45, 7) is 6.75. The zero-order valence-corrected chi connectivity index (χ0v) is 9.83. The fraction of sp³-hybridized carbons (Fsp3) is 0.583. The molecule has 0 fully saturated rings. The molecular formula is C12H20N2. The van der Waals surface area contributed by atoms with Crippen LogP contribution < -0.4 is 4.90 Å². The molecule has 1 aromatic rings. The average molecular weight is 192 g/mol. The first kappa shape index (κ1) is 11.0. The molecule has 0 aliphatic heterocycles. The van der Waals surface area contributed by atoms with Gasteiger partial charge in [-0.15, -0.1) is 0 Å². The van der Waals surface area contributed by atoms with E-state index in [1.165, 1.54) is 5.56 Å². The highest BCUT2D eigenvalue weighted by Gasteiger charge is 2.15. The number of pyridine rings is 1. The number of anilines is 1. The van der Waals surface area contributed by atoms with E-state index in [-0.39, 0.29) is 0 Å². The standard InChI is InChI=1S/C12H20N2/c1-12(2,3)9-10-7-6-8-13-11(10)14(4)5/h6-8H,9H2,1-5H3. The highest BCUT2D eigenvalue weighted by molar-refractivity contribution is 5.45. The molecule has 0 aromatic carbocycles. The number of hydrogen-bond donors (Lipinski definition) is 0. The van der Waals surface area contributed by atoms with Crippen LogP contribution in [0.3, 0.4) is 0 Å². The zero-order valence-electron chi connectivity index (χ0n) is 9.83. The van der Waals surface area contributed by atoms with Gasteiger partial charge in [-0.3, -0.25) is 0 Å². The van der Waals surface area contributed by atoms with Crippen molar-refractivity contribution in [2.24, 2.45) is 5.41 Å². The topological polar surface area (TPSA) is 16.1 Å². The number of aromatic nitrogens is 1. The molecule has 0 radical (unpaired) electrons. The SMILES string of the molecule is CN(C)c1ncccc1CC(C)(C)C. The minimum atomic E-state index is 0.313. The van der Waals surface area contributed by atoms with Crippen LogP contribution in [0.4, 0.5) is 5.82 Å². The summed E-state index contributed by atoms with van der Waals surface area (Å²) in [5, 5.41) is 0. The second-order valence-corrected chi connectivity index (χ2v) is 5.12. The molecule has 0 atom stereocenters. The Bertz CT molecular complexity index is 297. The molecule has 0 spiro atoms. The molecule has 0 aliphatic carbocycles. The van der Waals surface area contributed by atoms with Gasteiger partial charge < -0.3 is 4.90 Å². The van der Waals surface area contributed by atoms with Gasteiger partial charge in [0, 0.05) is 20.3 Å². The molecule has 0 amide bonds. The van der Waals surface area contributed by atoms with Crippen LogP contribution in [-0.2, 0) is 6.42 Å². The summed E-state index contributed by atoms with van der Waals surface area (Å²) in [5.74, 6) is 1.09. The molecule has 1 aromatic heterocycles. The van der Waals surface area contributed by atoms with Crippen molar-refractivity contribution < 1.29 is 0 Å². The van der Waals surface area contributed by atoms with Gasteiger partial charge in [0.15, 0.2) is 0 Å². The van der Waals surface area contributed by atoms with Gasteiger partial charge in [0.1, 0.15) is 5.82 Å². The van der Waals surface area contributed by atoms with Crippen molar-refractivity contribution >= 4 is 5.82 Å². The Morgan fingerprint density at radius 2 is 1.93 bits per heavy atom. The first-order valence-electron chi connectivity index (χ1n) is 5.01. The highest BCUT2D eigenvalue weighted by Crippen LogP contribution is 2.25. The van der Waals surface area contributed by atoms with Crippen LogP contribution in [0.1, 0.15) is 26.3 Å². The predicted molar refractivity (Wildman–Crippen MR) is 61.7 cm³/mol. The highest BCUT2D eigenvalue weighted by atomic mass is 15.1. The zero-order chi connectivity index (χ0) is 10.8. The van der Waals surface area contributed by atoms with Gasteiger partial charge in [0.2, 0.25) is 0 Å². The van der Waals surface area contributed by atoms with Gasteiger partial charge in [0.05, 0.1) is 0 Å². The van der Waals surface area contributed by atoms with Gasteiger partial charge in [-0.25, -0.2) is 4.98 Å². The third-order valence-electron chi connectivity index (χ3n) is 2.01. The summed E-state index contributed by atoms with van der Waals surface area (Å²) in [7, 11) is 4.07. The maximum atomic E-state index is 4.39. The van der Waals surface area contributed by atoms with Crippen LogP contribution in [0, 0.1) is 5.41 Å². The number of hydrogen-bond acceptors (Lipinski definition) is 2. The molecular weight excluding hydrogens is 172 g/mol. The number of rotatable bonds is 2. The molecule has 0 saturated carbocycles. The van der Waals surface area contributed by atoms with Crippen molar-refractivity contribution in [3.8, 4) is 0 Å². The van der Waals surface area contributed by atoms with Crippen LogP contribution in [0.2, 0.25) is 0 Å². The van der Waals surface area contributed by atoms with Crippen molar-refractivity contribution in [3.63, 3.8) is 0 Å². The van der Waals surface area contributed by atoms with Crippen LogP contribution in [0.15, 0.2) is 18.3 Å². The minimum absolute atomic E-state index is 0.313. The lowest BCUT2D eigenvalue weighted by Crippen LogP contribution is -2.17. The smallest absolute Gasteiger partial charge is 0.131 e. The van der Waals surface area contributed by atoms with Gasteiger partial charge in [-0.2, -0.15) is 0 Å². The van der Waals surface area contributed by atoms with Gasteiger partial charge in [-0.05, 0) is 23.5 Å². The van der Waals surface area contributed by atoms with Gasteiger partial charge in [0.25, 0.3) is 0 Å². The second-order valence-electron chi connectivity index (χ2n) is 5.12. The minimum Gasteiger partial charge on any atom is -0.363 e. The molecule has 1 heterocycles. The van der Waals surface area contributed by atoms with E-state index in [0.717, 1.165) is 12.2 Å². The molecule has 0 N–H and O–H groups in total. The largest absolute Gasteiger partial charge is 0.363 e. The molecule has 78 valence electrons. The van der Waals surface area contributed by atoms with E-state index in [1.807, 2.05) is 26.4 Å². The van der Waals surface area contributed by atoms with Crippen LogP contribution in [0.5, 0.6) is 0 Å². The van der Waals surface area contributed by atoms with E-state index in [1.54, 1.807) is 0 Å². The second kappa shape index (κ2) is 3.99. The summed E-state index contributed by atoms with van der Waals surface area (Å²) in [4.78, 5) is 6.46. The van der Waals surface area contributed by atoms with E-state index in [4.69, 9.17) is 0 Å². The molecule has 0 saturated heterocycles. The summed E-state index contributed by atoms with van der Waals surface area (Å²) >= 11 is 0. The Balaban J connectivity index is 2.96. The third kappa shape index (κ3) is 3.02. The van der Waals surface area contributed by atoms with Crippen molar-refractivity contribution in [1.82, 2.24) is 4.98 Å². The summed E-state index contributed by atoms with van der Waals surface area (Å²) in [5.41, 5.74) is 1.64. The van der Waals surface area contributed by atoms with E-state index >= 15 is 0 Å². The van der Waals surface area contributed by atoms with Crippen LogP contribution >= 0.6 is 0 Å². The Hall–Kier alpha value is -1.05. The van der Waals surface area contributed by atoms with E-state index in [9.17, 15) is 0 Å². The first-order chi connectivity index (χ1) is 6.40. The number of nitrogens with zero attached hydrogens (tertiary/aromatic N) is 2. The monoisotopic (exact) mass is 192 g/mol. The molecule has 0 bridgehead atoms. The molecule has 2 nitrogen and oxygen atoms in total. The quantitative estimate of drug-likeness (QED) is 0.716. The van der Waals surface area contributed by atoms with Crippen LogP contribution in [0.25, 0.3) is 0 Å². The Labute approximate surface area is 87.0 Å². The van der Waals surface area contributed by atoms with E-state index < -0.39 is 0 Å². The lowest BCUT2D eigenvalue weighted by Gasteiger charge is -2.22. The summed E-state index contributed by atoms with van der Waals surface area (Å²) in [6, 6.07) is 4.17. The Kier molecular flexibility index (Phi) is 3.14. The van der Waals surface area contributed by atoms with Crippen molar-refractivity contribution in [1.29, 1.82) is 0 Å². The predicted octanol–water partition coefficient (Wildman–Crippen LogP) is 2.74. The molecule has 2 heteroatoms. The van der Waals surface area contributed by atoms with Crippen molar-refractivity contribution in [2.45, 2.75) is 27.2 Å². The van der Waals surface area contributed by atoms with Crippen LogP contribution in [-0.4, -0.2) is 19.1 Å². The Morgan fingerprint density at radius 3 is 2.43 bits per heavy atom. The maximum absolute atomic E-state index is 4.39. The first-order valence-corrected chi connectivity index (χ1v) is 5.01. The third-order valence-corrected chi connectivity index (χ3v) is 2.01. The lowest BCUT2D eigenvalue weighted by atomic mass is 9.88. The molecule has 0 aliphatic rings. The normalized spacial score (nSPS) is 11.5. The maximum Gasteiger partial charge on any atom is 0.131 e. The van der Waals surface area contributed by atoms with Gasteiger partial charge >= 0.3 is 0 Å². The fourth-order valence-corrected chi connectivity index (χ4v) is 1.54. The summed E-state index contributed by atoms with van der Waals surface area (Å²) < 4.78 is 0.